The Kier molecular flexibility index (Phi) is 7.26. The first kappa shape index (κ1) is 20.0. The summed E-state index contributed by atoms with van der Waals surface area (Å²) in [5.41, 5.74) is 1.14. The van der Waals surface area contributed by atoms with E-state index in [2.05, 4.69) is 33.2 Å². The molecule has 0 unspecified atom stereocenters. The lowest BCUT2D eigenvalue weighted by Crippen LogP contribution is -2.34. The number of nitrogens with one attached hydrogen (secondary N) is 2. The number of hydrogen-bond donors (Lipinski definition) is 2. The summed E-state index contributed by atoms with van der Waals surface area (Å²) < 4.78 is 11.8. The number of carbonyl (C=O) groups excluding carboxylic acids is 2. The van der Waals surface area contributed by atoms with Crippen molar-refractivity contribution in [1.29, 1.82) is 0 Å². The molecular weight excluding hydrogens is 447 g/mol. The molecule has 2 aromatic rings. The van der Waals surface area contributed by atoms with Crippen LogP contribution in [0.2, 0.25) is 0 Å². The molecule has 138 valence electrons. The van der Waals surface area contributed by atoms with E-state index in [1.807, 2.05) is 38.1 Å². The number of rotatable bonds is 7. The average Bonchev–Trinajstić information content (AvgIpc) is 2.59. The van der Waals surface area contributed by atoms with Crippen molar-refractivity contribution >= 4 is 40.1 Å². The van der Waals surface area contributed by atoms with Crippen LogP contribution in [0.5, 0.6) is 11.5 Å². The quantitative estimate of drug-likeness (QED) is 0.611. The number of methoxy groups -OCH3 is 1. The molecule has 2 rings (SSSR count). The predicted octanol–water partition coefficient (Wildman–Crippen LogP) is 3.46. The highest BCUT2D eigenvalue weighted by molar-refractivity contribution is 14.1. The molecule has 2 N–H and O–H groups in total. The summed E-state index contributed by atoms with van der Waals surface area (Å²) in [4.78, 5) is 24.1. The molecular formula is C19H21IN2O4. The van der Waals surface area contributed by atoms with Gasteiger partial charge in [0.1, 0.15) is 0 Å². The van der Waals surface area contributed by atoms with Crippen molar-refractivity contribution in [2.75, 3.05) is 19.0 Å². The highest BCUT2D eigenvalue weighted by Gasteiger charge is 2.13. The molecule has 0 aliphatic rings. The Morgan fingerprint density at radius 2 is 1.88 bits per heavy atom. The van der Waals surface area contributed by atoms with Gasteiger partial charge in [0, 0.05) is 20.9 Å². The highest BCUT2D eigenvalue weighted by atomic mass is 127. The number of anilines is 1. The van der Waals surface area contributed by atoms with E-state index in [0.29, 0.717) is 22.7 Å². The minimum absolute atomic E-state index is 0.0418. The summed E-state index contributed by atoms with van der Waals surface area (Å²) in [6, 6.07) is 12.4. The first-order chi connectivity index (χ1) is 12.4. The maximum absolute atomic E-state index is 12.4. The molecule has 26 heavy (non-hydrogen) atoms. The molecule has 0 radical (unpaired) electrons. The maximum atomic E-state index is 12.4. The first-order valence-electron chi connectivity index (χ1n) is 8.06. The van der Waals surface area contributed by atoms with E-state index in [0.717, 1.165) is 3.57 Å². The van der Waals surface area contributed by atoms with Crippen molar-refractivity contribution in [2.45, 2.75) is 19.9 Å². The second-order valence-electron chi connectivity index (χ2n) is 5.84. The minimum Gasteiger partial charge on any atom is -0.493 e. The van der Waals surface area contributed by atoms with Crippen molar-refractivity contribution < 1.29 is 19.1 Å². The fraction of sp³-hybridized carbons (Fsp3) is 0.263. The molecule has 0 saturated carbocycles. The third-order valence-corrected chi connectivity index (χ3v) is 3.99. The van der Waals surface area contributed by atoms with E-state index < -0.39 is 0 Å². The molecule has 7 heteroatoms. The molecule has 0 heterocycles. The fourth-order valence-electron chi connectivity index (χ4n) is 2.20. The largest absolute Gasteiger partial charge is 0.493 e. The van der Waals surface area contributed by atoms with Crippen LogP contribution in [0, 0.1) is 3.57 Å². The van der Waals surface area contributed by atoms with Gasteiger partial charge in [0.25, 0.3) is 11.8 Å². The monoisotopic (exact) mass is 468 g/mol. The lowest BCUT2D eigenvalue weighted by molar-refractivity contribution is -0.123. The SMILES string of the molecule is COc1cc(C(=O)Nc2cccc(I)c2)ccc1OCC(=O)NC(C)C. The van der Waals surface area contributed by atoms with Gasteiger partial charge in [-0.05, 0) is 72.8 Å². The topological polar surface area (TPSA) is 76.7 Å². The Morgan fingerprint density at radius 3 is 2.54 bits per heavy atom. The van der Waals surface area contributed by atoms with Gasteiger partial charge in [-0.15, -0.1) is 0 Å². The van der Waals surface area contributed by atoms with Crippen LogP contribution in [0.25, 0.3) is 0 Å². The Balaban J connectivity index is 2.07. The third kappa shape index (κ3) is 5.91. The number of carbonyl (C=O) groups is 2. The molecule has 0 aromatic heterocycles. The van der Waals surface area contributed by atoms with Crippen LogP contribution in [-0.2, 0) is 4.79 Å². The van der Waals surface area contributed by atoms with Gasteiger partial charge in [0.15, 0.2) is 18.1 Å². The number of hydrogen-bond acceptors (Lipinski definition) is 4. The predicted molar refractivity (Wildman–Crippen MR) is 109 cm³/mol. The Morgan fingerprint density at radius 1 is 1.12 bits per heavy atom. The van der Waals surface area contributed by atoms with E-state index in [1.54, 1.807) is 18.2 Å². The zero-order valence-electron chi connectivity index (χ0n) is 14.8. The molecule has 0 bridgehead atoms. The van der Waals surface area contributed by atoms with Crippen LogP contribution in [0.15, 0.2) is 42.5 Å². The summed E-state index contributed by atoms with van der Waals surface area (Å²) in [6.45, 7) is 3.63. The smallest absolute Gasteiger partial charge is 0.258 e. The van der Waals surface area contributed by atoms with E-state index in [-0.39, 0.29) is 24.5 Å². The van der Waals surface area contributed by atoms with Gasteiger partial charge in [-0.3, -0.25) is 9.59 Å². The van der Waals surface area contributed by atoms with Crippen molar-refractivity contribution in [3.05, 3.63) is 51.6 Å². The standard InChI is InChI=1S/C19H21IN2O4/c1-12(2)21-18(23)11-26-16-8-7-13(9-17(16)25-3)19(24)22-15-6-4-5-14(20)10-15/h4-10,12H,11H2,1-3H3,(H,21,23)(H,22,24). The average molecular weight is 468 g/mol. The van der Waals surface area contributed by atoms with Gasteiger partial charge in [0.2, 0.25) is 0 Å². The number of ether oxygens (including phenoxy) is 2. The van der Waals surface area contributed by atoms with Crippen molar-refractivity contribution in [1.82, 2.24) is 5.32 Å². The summed E-state index contributed by atoms with van der Waals surface area (Å²) in [7, 11) is 1.48. The summed E-state index contributed by atoms with van der Waals surface area (Å²) in [5, 5.41) is 5.58. The minimum atomic E-state index is -0.255. The Bertz CT molecular complexity index is 793. The lowest BCUT2D eigenvalue weighted by Gasteiger charge is -2.13. The van der Waals surface area contributed by atoms with Gasteiger partial charge >= 0.3 is 0 Å². The molecule has 2 aromatic carbocycles. The van der Waals surface area contributed by atoms with E-state index >= 15 is 0 Å². The molecule has 0 saturated heterocycles. The molecule has 2 amide bonds. The van der Waals surface area contributed by atoms with E-state index in [4.69, 9.17) is 9.47 Å². The van der Waals surface area contributed by atoms with Crippen LogP contribution in [0.4, 0.5) is 5.69 Å². The Labute approximate surface area is 166 Å². The van der Waals surface area contributed by atoms with Crippen LogP contribution in [-0.4, -0.2) is 31.6 Å². The number of halogens is 1. The van der Waals surface area contributed by atoms with Crippen molar-refractivity contribution in [3.8, 4) is 11.5 Å². The highest BCUT2D eigenvalue weighted by Crippen LogP contribution is 2.28. The lowest BCUT2D eigenvalue weighted by atomic mass is 10.2. The summed E-state index contributed by atoms with van der Waals surface area (Å²) >= 11 is 2.18. The van der Waals surface area contributed by atoms with Crippen molar-refractivity contribution in [2.24, 2.45) is 0 Å². The fourth-order valence-corrected chi connectivity index (χ4v) is 2.75. The normalized spacial score (nSPS) is 10.3. The molecule has 0 aliphatic carbocycles. The Hall–Kier alpha value is -2.29. The van der Waals surface area contributed by atoms with Gasteiger partial charge in [-0.25, -0.2) is 0 Å². The van der Waals surface area contributed by atoms with Gasteiger partial charge in [0.05, 0.1) is 7.11 Å². The van der Waals surface area contributed by atoms with Gasteiger partial charge in [-0.1, -0.05) is 6.07 Å². The van der Waals surface area contributed by atoms with E-state index in [9.17, 15) is 9.59 Å². The van der Waals surface area contributed by atoms with Crippen LogP contribution >= 0.6 is 22.6 Å². The maximum Gasteiger partial charge on any atom is 0.258 e. The third-order valence-electron chi connectivity index (χ3n) is 3.32. The molecule has 0 fully saturated rings. The van der Waals surface area contributed by atoms with Gasteiger partial charge < -0.3 is 20.1 Å². The zero-order valence-corrected chi connectivity index (χ0v) is 17.0. The zero-order chi connectivity index (χ0) is 19.1. The number of benzene rings is 2. The van der Waals surface area contributed by atoms with Crippen molar-refractivity contribution in [3.63, 3.8) is 0 Å². The molecule has 0 spiro atoms. The summed E-state index contributed by atoms with van der Waals surface area (Å²) in [6.07, 6.45) is 0. The van der Waals surface area contributed by atoms with Gasteiger partial charge in [-0.2, -0.15) is 0 Å². The van der Waals surface area contributed by atoms with Crippen LogP contribution in [0.1, 0.15) is 24.2 Å². The molecule has 0 atom stereocenters. The molecule has 6 nitrogen and oxygen atoms in total. The first-order valence-corrected chi connectivity index (χ1v) is 9.14. The second kappa shape index (κ2) is 9.42. The van der Waals surface area contributed by atoms with Crippen LogP contribution < -0.4 is 20.1 Å². The van der Waals surface area contributed by atoms with Crippen LogP contribution in [0.3, 0.4) is 0 Å². The summed E-state index contributed by atoms with van der Waals surface area (Å²) in [5.74, 6) is 0.312. The number of amides is 2. The van der Waals surface area contributed by atoms with E-state index in [1.165, 1.54) is 7.11 Å². The second-order valence-corrected chi connectivity index (χ2v) is 7.09. The molecule has 0 aliphatic heterocycles.